The molecule has 9 heteroatoms. The number of anilines is 1. The van der Waals surface area contributed by atoms with Crippen LogP contribution in [0.25, 0.3) is 0 Å². The van der Waals surface area contributed by atoms with Crippen molar-refractivity contribution in [1.29, 1.82) is 0 Å². The van der Waals surface area contributed by atoms with Crippen LogP contribution >= 0.6 is 0 Å². The minimum absolute atomic E-state index is 0.0695. The highest BCUT2D eigenvalue weighted by atomic mass is 16.9. The summed E-state index contributed by atoms with van der Waals surface area (Å²) in [6.45, 7) is 3.69. The predicted molar refractivity (Wildman–Crippen MR) is 79.2 cm³/mol. The molecule has 0 aromatic carbocycles. The molecular weight excluding hydrogens is 290 g/mol. The summed E-state index contributed by atoms with van der Waals surface area (Å²) >= 11 is 0. The van der Waals surface area contributed by atoms with Crippen LogP contribution in [-0.2, 0) is 4.84 Å². The maximum atomic E-state index is 11.8. The highest BCUT2D eigenvalue weighted by Crippen LogP contribution is 2.13. The van der Waals surface area contributed by atoms with Crippen molar-refractivity contribution in [3.63, 3.8) is 0 Å². The van der Waals surface area contributed by atoms with Crippen LogP contribution in [-0.4, -0.2) is 67.3 Å². The number of likely N-dealkylation sites (N-methyl/N-ethyl adjacent to an activating group) is 1. The van der Waals surface area contributed by atoms with E-state index in [-0.39, 0.29) is 19.1 Å². The zero-order valence-corrected chi connectivity index (χ0v) is 12.4. The third-order valence-corrected chi connectivity index (χ3v) is 3.42. The van der Waals surface area contributed by atoms with Crippen molar-refractivity contribution in [2.24, 2.45) is 0 Å². The maximum absolute atomic E-state index is 11.8. The average Bonchev–Trinajstić information content (AvgIpc) is 2.52. The van der Waals surface area contributed by atoms with Gasteiger partial charge in [0.2, 0.25) is 0 Å². The molecule has 1 fully saturated rings. The van der Waals surface area contributed by atoms with Crippen LogP contribution < -0.4 is 10.2 Å². The summed E-state index contributed by atoms with van der Waals surface area (Å²) in [5.41, 5.74) is 0.416. The van der Waals surface area contributed by atoms with E-state index in [4.69, 9.17) is 0 Å². The van der Waals surface area contributed by atoms with Crippen molar-refractivity contribution in [3.8, 4) is 0 Å². The molecule has 0 atom stereocenters. The number of pyridine rings is 1. The third-order valence-electron chi connectivity index (χ3n) is 3.42. The van der Waals surface area contributed by atoms with E-state index in [1.807, 2.05) is 6.07 Å². The van der Waals surface area contributed by atoms with E-state index in [0.29, 0.717) is 5.56 Å². The topological polar surface area (TPSA) is 101 Å². The molecule has 0 saturated carbocycles. The summed E-state index contributed by atoms with van der Waals surface area (Å²) in [7, 11) is 2.08. The van der Waals surface area contributed by atoms with Crippen LogP contribution in [0, 0.1) is 10.1 Å². The Labute approximate surface area is 128 Å². The molecular formula is C13H19N5O4. The lowest BCUT2D eigenvalue weighted by Crippen LogP contribution is -2.44. The summed E-state index contributed by atoms with van der Waals surface area (Å²) in [4.78, 5) is 34.7. The summed E-state index contributed by atoms with van der Waals surface area (Å²) < 4.78 is 0. The lowest BCUT2D eigenvalue weighted by Gasteiger charge is -2.33. The number of amides is 1. The average molecular weight is 309 g/mol. The Balaban J connectivity index is 1.83. The van der Waals surface area contributed by atoms with Crippen molar-refractivity contribution >= 4 is 11.7 Å². The molecule has 1 aromatic rings. The highest BCUT2D eigenvalue weighted by Gasteiger charge is 2.15. The van der Waals surface area contributed by atoms with Gasteiger partial charge in [-0.05, 0) is 19.2 Å². The maximum Gasteiger partial charge on any atom is 0.294 e. The number of carbonyl (C=O) groups excluding carboxylic acids is 1. The molecule has 1 aliphatic rings. The van der Waals surface area contributed by atoms with E-state index in [0.717, 1.165) is 32.0 Å². The van der Waals surface area contributed by atoms with Gasteiger partial charge in [-0.15, -0.1) is 10.1 Å². The monoisotopic (exact) mass is 309 g/mol. The van der Waals surface area contributed by atoms with E-state index in [1.54, 1.807) is 6.07 Å². The van der Waals surface area contributed by atoms with Crippen molar-refractivity contribution in [2.75, 3.05) is 51.3 Å². The predicted octanol–water partition coefficient (Wildman–Crippen LogP) is -0.228. The molecule has 1 aromatic heterocycles. The smallest absolute Gasteiger partial charge is 0.294 e. The van der Waals surface area contributed by atoms with E-state index in [1.165, 1.54) is 6.20 Å². The van der Waals surface area contributed by atoms with Crippen LogP contribution in [0.2, 0.25) is 0 Å². The molecule has 9 nitrogen and oxygen atoms in total. The van der Waals surface area contributed by atoms with Crippen molar-refractivity contribution < 1.29 is 14.7 Å². The fraction of sp³-hybridized carbons (Fsp3) is 0.538. The molecule has 22 heavy (non-hydrogen) atoms. The van der Waals surface area contributed by atoms with E-state index >= 15 is 0 Å². The first kappa shape index (κ1) is 16.0. The van der Waals surface area contributed by atoms with E-state index in [2.05, 4.69) is 32.0 Å². The highest BCUT2D eigenvalue weighted by molar-refractivity contribution is 5.94. The molecule has 120 valence electrons. The fourth-order valence-electron chi connectivity index (χ4n) is 2.13. The minimum Gasteiger partial charge on any atom is -0.354 e. The molecule has 1 aliphatic heterocycles. The SMILES string of the molecule is CN1CCN(c2ccc(C(=O)NCCO[N+](=O)[O-])cn2)CC1. The number of hydrogen-bond donors (Lipinski definition) is 1. The van der Waals surface area contributed by atoms with E-state index < -0.39 is 5.09 Å². The van der Waals surface area contributed by atoms with Crippen LogP contribution in [0.4, 0.5) is 5.82 Å². The van der Waals surface area contributed by atoms with Gasteiger partial charge in [-0.25, -0.2) is 4.98 Å². The lowest BCUT2D eigenvalue weighted by molar-refractivity contribution is -0.757. The van der Waals surface area contributed by atoms with Gasteiger partial charge in [-0.3, -0.25) is 4.79 Å². The van der Waals surface area contributed by atoms with Crippen molar-refractivity contribution in [2.45, 2.75) is 0 Å². The quantitative estimate of drug-likeness (QED) is 0.440. The molecule has 1 N–H and O–H groups in total. The second-order valence-electron chi connectivity index (χ2n) is 5.01. The van der Waals surface area contributed by atoms with Crippen LogP contribution in [0.5, 0.6) is 0 Å². The lowest BCUT2D eigenvalue weighted by atomic mass is 10.2. The molecule has 1 amide bonds. The normalized spacial score (nSPS) is 15.4. The fourth-order valence-corrected chi connectivity index (χ4v) is 2.13. The van der Waals surface area contributed by atoms with Crippen LogP contribution in [0.3, 0.4) is 0 Å². The molecule has 0 bridgehead atoms. The zero-order chi connectivity index (χ0) is 15.9. The summed E-state index contributed by atoms with van der Waals surface area (Å²) in [5, 5.41) is 11.6. The van der Waals surface area contributed by atoms with Gasteiger partial charge < -0.3 is 20.0 Å². The van der Waals surface area contributed by atoms with Gasteiger partial charge in [-0.1, -0.05) is 0 Å². The summed E-state index contributed by atoms with van der Waals surface area (Å²) in [6.07, 6.45) is 1.51. The van der Waals surface area contributed by atoms with Crippen LogP contribution in [0.1, 0.15) is 10.4 Å². The number of carbonyl (C=O) groups is 1. The number of piperazine rings is 1. The molecule has 0 spiro atoms. The Hall–Kier alpha value is -2.42. The molecule has 2 rings (SSSR count). The Morgan fingerprint density at radius 2 is 2.14 bits per heavy atom. The minimum atomic E-state index is -0.890. The largest absolute Gasteiger partial charge is 0.354 e. The molecule has 0 radical (unpaired) electrons. The Bertz CT molecular complexity index is 514. The second kappa shape index (κ2) is 7.55. The zero-order valence-electron chi connectivity index (χ0n) is 12.4. The van der Waals surface area contributed by atoms with Crippen molar-refractivity contribution in [3.05, 3.63) is 34.0 Å². The Morgan fingerprint density at radius 1 is 1.41 bits per heavy atom. The number of aromatic nitrogens is 1. The Kier molecular flexibility index (Phi) is 5.48. The number of nitrogens with one attached hydrogen (secondary N) is 1. The molecule has 0 aliphatic carbocycles. The standard InChI is InChI=1S/C13H19N5O4/c1-16-5-7-17(8-6-16)12-3-2-11(10-15-12)13(19)14-4-9-22-18(20)21/h2-3,10H,4-9H2,1H3,(H,14,19). The van der Waals surface area contributed by atoms with Gasteiger partial charge in [-0.2, -0.15) is 0 Å². The number of hydrogen-bond acceptors (Lipinski definition) is 7. The summed E-state index contributed by atoms with van der Waals surface area (Å²) in [6, 6.07) is 3.51. The van der Waals surface area contributed by atoms with Gasteiger partial charge in [0.25, 0.3) is 11.0 Å². The van der Waals surface area contributed by atoms with Gasteiger partial charge in [0, 0.05) is 38.9 Å². The van der Waals surface area contributed by atoms with Gasteiger partial charge in [0.05, 0.1) is 5.56 Å². The first-order chi connectivity index (χ1) is 10.6. The van der Waals surface area contributed by atoms with Gasteiger partial charge >= 0.3 is 0 Å². The van der Waals surface area contributed by atoms with Crippen molar-refractivity contribution in [1.82, 2.24) is 15.2 Å². The summed E-state index contributed by atoms with van der Waals surface area (Å²) in [5.74, 6) is 0.519. The molecule has 1 saturated heterocycles. The second-order valence-corrected chi connectivity index (χ2v) is 5.01. The molecule has 0 unspecified atom stereocenters. The number of rotatable bonds is 6. The van der Waals surface area contributed by atoms with Gasteiger partial charge in [0.1, 0.15) is 12.4 Å². The van der Waals surface area contributed by atoms with Crippen LogP contribution in [0.15, 0.2) is 18.3 Å². The first-order valence-corrected chi connectivity index (χ1v) is 7.01. The van der Waals surface area contributed by atoms with Gasteiger partial charge in [0.15, 0.2) is 0 Å². The Morgan fingerprint density at radius 3 is 2.73 bits per heavy atom. The number of nitrogens with zero attached hydrogens (tertiary/aromatic N) is 4. The van der Waals surface area contributed by atoms with E-state index in [9.17, 15) is 14.9 Å². The molecule has 2 heterocycles. The first-order valence-electron chi connectivity index (χ1n) is 7.01. The third kappa shape index (κ3) is 4.55.